The van der Waals surface area contributed by atoms with Crippen LogP contribution in [0, 0.1) is 0 Å². The molecule has 4 nitrogen and oxygen atoms in total. The lowest BCUT2D eigenvalue weighted by Gasteiger charge is -2.23. The van der Waals surface area contributed by atoms with E-state index < -0.39 is 17.6 Å². The van der Waals surface area contributed by atoms with E-state index in [0.717, 1.165) is 43.5 Å². The lowest BCUT2D eigenvalue weighted by Crippen LogP contribution is -2.22. The number of hydrogen-bond donors (Lipinski definition) is 1. The summed E-state index contributed by atoms with van der Waals surface area (Å²) >= 11 is 0. The van der Waals surface area contributed by atoms with Crippen LogP contribution in [0.5, 0.6) is 0 Å². The van der Waals surface area contributed by atoms with Gasteiger partial charge in [0.2, 0.25) is 0 Å². The molecule has 2 heterocycles. The van der Waals surface area contributed by atoms with Crippen molar-refractivity contribution in [2.75, 3.05) is 23.3 Å². The summed E-state index contributed by atoms with van der Waals surface area (Å²) in [6, 6.07) is 12.3. The lowest BCUT2D eigenvalue weighted by atomic mass is 10.1. The molecule has 1 saturated heterocycles. The number of nitrogens with zero attached hydrogens (tertiary/aromatic N) is 2. The number of anilines is 2. The van der Waals surface area contributed by atoms with Gasteiger partial charge in [-0.1, -0.05) is 18.2 Å². The van der Waals surface area contributed by atoms with E-state index in [0.29, 0.717) is 16.8 Å². The summed E-state index contributed by atoms with van der Waals surface area (Å²) in [5, 5.41) is 3.48. The number of nitrogens with one attached hydrogen (secondary N) is 1. The van der Waals surface area contributed by atoms with Crippen molar-refractivity contribution >= 4 is 28.2 Å². The molecule has 0 spiro atoms. The maximum atomic E-state index is 13.2. The van der Waals surface area contributed by atoms with Crippen molar-refractivity contribution < 1.29 is 18.0 Å². The van der Waals surface area contributed by atoms with E-state index in [-0.39, 0.29) is 5.69 Å². The topological polar surface area (TPSA) is 45.2 Å². The van der Waals surface area contributed by atoms with Crippen LogP contribution < -0.4 is 10.2 Å². The summed E-state index contributed by atoms with van der Waals surface area (Å²) in [6.07, 6.45) is -0.952. The number of hydrogen-bond acceptors (Lipinski definition) is 3. The Morgan fingerprint density at radius 2 is 1.79 bits per heavy atom. The molecule has 0 bridgehead atoms. The molecule has 1 aliphatic rings. The van der Waals surface area contributed by atoms with E-state index >= 15 is 0 Å². The molecule has 7 heteroatoms. The maximum Gasteiger partial charge on any atom is 0.416 e. The molecule has 1 N–H and O–H groups in total. The molecule has 144 valence electrons. The highest BCUT2D eigenvalue weighted by Crippen LogP contribution is 2.36. The predicted molar refractivity (Wildman–Crippen MR) is 103 cm³/mol. The Morgan fingerprint density at radius 1 is 1.04 bits per heavy atom. The number of halogens is 3. The minimum absolute atomic E-state index is 0.162. The fourth-order valence-corrected chi connectivity index (χ4v) is 3.52. The third-order valence-electron chi connectivity index (χ3n) is 4.90. The monoisotopic (exact) mass is 385 g/mol. The second-order valence-electron chi connectivity index (χ2n) is 6.76. The van der Waals surface area contributed by atoms with Crippen LogP contribution in [-0.2, 0) is 6.18 Å². The molecule has 1 aliphatic heterocycles. The second-order valence-corrected chi connectivity index (χ2v) is 6.76. The van der Waals surface area contributed by atoms with Gasteiger partial charge in [0.15, 0.2) is 0 Å². The molecule has 4 rings (SSSR count). The zero-order valence-electron chi connectivity index (χ0n) is 15.0. The summed E-state index contributed by atoms with van der Waals surface area (Å²) in [5.74, 6) is -0.482. The first-order chi connectivity index (χ1) is 13.4. The molecular weight excluding hydrogens is 367 g/mol. The molecule has 0 unspecified atom stereocenters. The van der Waals surface area contributed by atoms with Crippen LogP contribution in [0.2, 0.25) is 0 Å². The Morgan fingerprint density at radius 3 is 2.54 bits per heavy atom. The number of fused-ring (bicyclic) bond motifs is 1. The summed E-state index contributed by atoms with van der Waals surface area (Å²) in [7, 11) is 0. The van der Waals surface area contributed by atoms with Crippen molar-refractivity contribution in [3.63, 3.8) is 0 Å². The standard InChI is InChI=1S/C21H18F3N3O/c22-21(23,24)15-8-9-18(27-11-1-2-12-27)17(13-15)26-20(28)16-7-3-5-14-6-4-10-25-19(14)16/h3-10,13H,1-2,11-12H2,(H,26,28). The van der Waals surface area contributed by atoms with Gasteiger partial charge in [-0.3, -0.25) is 9.78 Å². The number of para-hydroxylation sites is 1. The van der Waals surface area contributed by atoms with Gasteiger partial charge in [-0.2, -0.15) is 13.2 Å². The lowest BCUT2D eigenvalue weighted by molar-refractivity contribution is -0.137. The van der Waals surface area contributed by atoms with E-state index in [4.69, 9.17) is 0 Å². The van der Waals surface area contributed by atoms with Crippen molar-refractivity contribution in [1.29, 1.82) is 0 Å². The average molecular weight is 385 g/mol. The Kier molecular flexibility index (Phi) is 4.66. The smallest absolute Gasteiger partial charge is 0.370 e. The van der Waals surface area contributed by atoms with Gasteiger partial charge in [-0.25, -0.2) is 0 Å². The number of benzene rings is 2. The van der Waals surface area contributed by atoms with E-state index in [1.54, 1.807) is 24.4 Å². The molecule has 0 aliphatic carbocycles. The molecule has 1 fully saturated rings. The van der Waals surface area contributed by atoms with E-state index in [1.165, 1.54) is 6.07 Å². The highest BCUT2D eigenvalue weighted by Gasteiger charge is 2.32. The van der Waals surface area contributed by atoms with Crippen molar-refractivity contribution in [2.45, 2.75) is 19.0 Å². The highest BCUT2D eigenvalue weighted by atomic mass is 19.4. The SMILES string of the molecule is O=C(Nc1cc(C(F)(F)F)ccc1N1CCCC1)c1cccc2cccnc12. The van der Waals surface area contributed by atoms with Crippen LogP contribution in [0.4, 0.5) is 24.5 Å². The van der Waals surface area contributed by atoms with Gasteiger partial charge in [0.25, 0.3) is 5.91 Å². The summed E-state index contributed by atoms with van der Waals surface area (Å²) in [4.78, 5) is 19.2. The maximum absolute atomic E-state index is 13.2. The van der Waals surface area contributed by atoms with Crippen molar-refractivity contribution in [3.8, 4) is 0 Å². The van der Waals surface area contributed by atoms with Gasteiger partial charge in [0, 0.05) is 24.7 Å². The number of pyridine rings is 1. The predicted octanol–water partition coefficient (Wildman–Crippen LogP) is 5.11. The Balaban J connectivity index is 1.73. The number of carbonyl (C=O) groups is 1. The van der Waals surface area contributed by atoms with Crippen LogP contribution in [0.1, 0.15) is 28.8 Å². The molecule has 0 saturated carbocycles. The van der Waals surface area contributed by atoms with Crippen LogP contribution in [0.15, 0.2) is 54.7 Å². The summed E-state index contributed by atoms with van der Waals surface area (Å²) < 4.78 is 39.6. The van der Waals surface area contributed by atoms with Crippen LogP contribution in [-0.4, -0.2) is 24.0 Å². The van der Waals surface area contributed by atoms with Gasteiger partial charge >= 0.3 is 6.18 Å². The molecular formula is C21H18F3N3O. The zero-order valence-corrected chi connectivity index (χ0v) is 15.0. The largest absolute Gasteiger partial charge is 0.416 e. The van der Waals surface area contributed by atoms with E-state index in [1.807, 2.05) is 17.0 Å². The summed E-state index contributed by atoms with van der Waals surface area (Å²) in [5.41, 5.74) is 0.809. The van der Waals surface area contributed by atoms with Gasteiger partial charge in [-0.05, 0) is 43.2 Å². The van der Waals surface area contributed by atoms with Crippen LogP contribution >= 0.6 is 0 Å². The van der Waals surface area contributed by atoms with Crippen molar-refractivity contribution in [2.24, 2.45) is 0 Å². The van der Waals surface area contributed by atoms with Crippen LogP contribution in [0.3, 0.4) is 0 Å². The highest BCUT2D eigenvalue weighted by molar-refractivity contribution is 6.12. The van der Waals surface area contributed by atoms with E-state index in [9.17, 15) is 18.0 Å². The Bertz CT molecular complexity index is 1020. The number of alkyl halides is 3. The minimum Gasteiger partial charge on any atom is -0.370 e. The number of rotatable bonds is 3. The Hall–Kier alpha value is -3.09. The van der Waals surface area contributed by atoms with E-state index in [2.05, 4.69) is 10.3 Å². The first-order valence-electron chi connectivity index (χ1n) is 9.05. The molecule has 3 aromatic rings. The van der Waals surface area contributed by atoms with Gasteiger partial charge in [-0.15, -0.1) is 0 Å². The number of aromatic nitrogens is 1. The fourth-order valence-electron chi connectivity index (χ4n) is 3.52. The molecule has 1 amide bonds. The minimum atomic E-state index is -4.48. The van der Waals surface area contributed by atoms with Gasteiger partial charge in [0.05, 0.1) is 28.0 Å². The van der Waals surface area contributed by atoms with Crippen molar-refractivity contribution in [3.05, 3.63) is 65.9 Å². The third-order valence-corrected chi connectivity index (χ3v) is 4.90. The normalized spacial score (nSPS) is 14.5. The molecule has 28 heavy (non-hydrogen) atoms. The second kappa shape index (κ2) is 7.14. The molecule has 2 aromatic carbocycles. The quantitative estimate of drug-likeness (QED) is 0.682. The number of amides is 1. The van der Waals surface area contributed by atoms with Crippen LogP contribution in [0.25, 0.3) is 10.9 Å². The first kappa shape index (κ1) is 18.3. The van der Waals surface area contributed by atoms with Gasteiger partial charge < -0.3 is 10.2 Å². The van der Waals surface area contributed by atoms with Crippen molar-refractivity contribution in [1.82, 2.24) is 4.98 Å². The Labute approximate surface area is 160 Å². The molecule has 0 radical (unpaired) electrons. The van der Waals surface area contributed by atoms with Gasteiger partial charge in [0.1, 0.15) is 0 Å². The average Bonchev–Trinajstić information content (AvgIpc) is 3.21. The fraction of sp³-hybridized carbons (Fsp3) is 0.238. The zero-order chi connectivity index (χ0) is 19.7. The molecule has 0 atom stereocenters. The summed E-state index contributed by atoms with van der Waals surface area (Å²) in [6.45, 7) is 1.51. The number of carbonyl (C=O) groups excluding carboxylic acids is 1. The first-order valence-corrected chi connectivity index (χ1v) is 9.05. The third kappa shape index (κ3) is 3.52. The molecule has 1 aromatic heterocycles.